The van der Waals surface area contributed by atoms with Crippen molar-refractivity contribution in [3.63, 3.8) is 0 Å². The van der Waals surface area contributed by atoms with Gasteiger partial charge in [-0.05, 0) is 48.7 Å². The van der Waals surface area contributed by atoms with E-state index in [4.69, 9.17) is 0 Å². The first kappa shape index (κ1) is 28.6. The van der Waals surface area contributed by atoms with E-state index in [1.807, 2.05) is 117 Å². The van der Waals surface area contributed by atoms with Gasteiger partial charge in [-0.3, -0.25) is 14.4 Å². The number of aliphatic hydroxyl groups is 1. The van der Waals surface area contributed by atoms with Crippen LogP contribution in [0.3, 0.4) is 0 Å². The fourth-order valence-corrected chi connectivity index (χ4v) is 9.50. The fraction of sp³-hybridized carbons (Fsp3) is 0.306. The number of anilines is 2. The number of hydrogen-bond acceptors (Lipinski definition) is 5. The molecule has 3 amide bonds. The highest BCUT2D eigenvalue weighted by molar-refractivity contribution is 8.02. The lowest BCUT2D eigenvalue weighted by Gasteiger charge is -2.39. The number of rotatable bonds is 5. The predicted octanol–water partition coefficient (Wildman–Crippen LogP) is 4.84. The Balaban J connectivity index is 1.39. The highest BCUT2D eigenvalue weighted by Gasteiger charge is 2.72. The van der Waals surface area contributed by atoms with Gasteiger partial charge in [-0.25, -0.2) is 0 Å². The number of fused-ring (bicyclic) bond motifs is 2. The number of likely N-dealkylation sites (tertiary alicyclic amines) is 1. The van der Waals surface area contributed by atoms with Crippen molar-refractivity contribution in [2.75, 3.05) is 29.5 Å². The van der Waals surface area contributed by atoms with Gasteiger partial charge in [0.05, 0.1) is 29.2 Å². The van der Waals surface area contributed by atoms with E-state index >= 15 is 0 Å². The summed E-state index contributed by atoms with van der Waals surface area (Å²) >= 11 is 1.55. The van der Waals surface area contributed by atoms with E-state index in [0.29, 0.717) is 13.1 Å². The lowest BCUT2D eigenvalue weighted by atomic mass is 9.78. The summed E-state index contributed by atoms with van der Waals surface area (Å²) in [4.78, 5) is 49.5. The number of benzene rings is 3. The molecule has 0 radical (unpaired) electrons. The second kappa shape index (κ2) is 11.1. The van der Waals surface area contributed by atoms with Crippen LogP contribution >= 0.6 is 11.8 Å². The summed E-state index contributed by atoms with van der Waals surface area (Å²) in [6, 6.07) is 23.3. The molecule has 4 heterocycles. The third-order valence-corrected chi connectivity index (χ3v) is 11.3. The molecule has 44 heavy (non-hydrogen) atoms. The Morgan fingerprint density at radius 2 is 1.57 bits per heavy atom. The van der Waals surface area contributed by atoms with E-state index in [9.17, 15) is 19.5 Å². The van der Waals surface area contributed by atoms with E-state index in [-0.39, 0.29) is 29.6 Å². The maximum absolute atomic E-state index is 15.0. The Hall–Kier alpha value is -4.14. The molecule has 2 saturated heterocycles. The van der Waals surface area contributed by atoms with Gasteiger partial charge in [-0.1, -0.05) is 85.0 Å². The quantitative estimate of drug-likeness (QED) is 0.421. The highest BCUT2D eigenvalue weighted by atomic mass is 32.2. The molecule has 0 bridgehead atoms. The first-order valence-electron chi connectivity index (χ1n) is 15.1. The average molecular weight is 606 g/mol. The minimum atomic E-state index is -0.988. The van der Waals surface area contributed by atoms with Crippen molar-refractivity contribution >= 4 is 40.9 Å². The summed E-state index contributed by atoms with van der Waals surface area (Å²) in [7, 11) is 0. The van der Waals surface area contributed by atoms with Crippen LogP contribution in [0.15, 0.2) is 103 Å². The largest absolute Gasteiger partial charge is 0.394 e. The summed E-state index contributed by atoms with van der Waals surface area (Å²) in [6.07, 6.45) is 8.06. The lowest BCUT2D eigenvalue weighted by molar-refractivity contribution is -0.141. The molecule has 3 aromatic carbocycles. The monoisotopic (exact) mass is 605 g/mol. The Labute approximate surface area is 261 Å². The van der Waals surface area contributed by atoms with Crippen molar-refractivity contribution in [1.29, 1.82) is 0 Å². The number of thioether (sulfide) groups is 1. The van der Waals surface area contributed by atoms with Crippen LogP contribution in [0.2, 0.25) is 0 Å². The van der Waals surface area contributed by atoms with Crippen LogP contribution in [0.25, 0.3) is 0 Å². The molecule has 0 aliphatic carbocycles. The fourth-order valence-electron chi connectivity index (χ4n) is 7.51. The van der Waals surface area contributed by atoms with Crippen LogP contribution in [-0.4, -0.2) is 63.5 Å². The first-order valence-corrected chi connectivity index (χ1v) is 16.0. The molecule has 1 unspecified atom stereocenters. The zero-order chi connectivity index (χ0) is 30.6. The van der Waals surface area contributed by atoms with Gasteiger partial charge in [-0.2, -0.15) is 0 Å². The molecule has 0 aromatic heterocycles. The minimum Gasteiger partial charge on any atom is -0.394 e. The van der Waals surface area contributed by atoms with Crippen LogP contribution in [0.1, 0.15) is 22.7 Å². The van der Waals surface area contributed by atoms with Crippen LogP contribution in [0.5, 0.6) is 0 Å². The Bertz CT molecular complexity index is 1680. The normalized spacial score (nSPS) is 28.4. The second-order valence-corrected chi connectivity index (χ2v) is 13.5. The average Bonchev–Trinajstić information content (AvgIpc) is 3.35. The topological polar surface area (TPSA) is 81.2 Å². The number of aryl methyl sites for hydroxylation is 2. The van der Waals surface area contributed by atoms with Gasteiger partial charge in [0.1, 0.15) is 6.04 Å². The van der Waals surface area contributed by atoms with E-state index in [1.165, 1.54) is 0 Å². The number of carbonyl (C=O) groups is 3. The third kappa shape index (κ3) is 4.34. The summed E-state index contributed by atoms with van der Waals surface area (Å²) in [5.74, 6) is -2.03. The van der Waals surface area contributed by atoms with Crippen LogP contribution in [0, 0.1) is 25.7 Å². The van der Waals surface area contributed by atoms with Gasteiger partial charge < -0.3 is 19.8 Å². The van der Waals surface area contributed by atoms with Crippen molar-refractivity contribution in [1.82, 2.24) is 4.90 Å². The standard InChI is InChI=1S/C36H35N3O4S/c1-23-16-17-24(2)27(21-23)38-20-10-18-36-31(30-29(44-36)15-9-19-37(33(30)41)26-13-7-4-8-14-26)34(42)39(32(36)35(38)43)28(22-40)25-11-5-3-6-12-25/h3-18,21,28-32,40H,19-20,22H2,1-2H3/t28-,29-,30+,31+,32?,36+/m1/s1. The van der Waals surface area contributed by atoms with Crippen LogP contribution < -0.4 is 9.80 Å². The third-order valence-electron chi connectivity index (χ3n) is 9.51. The molecule has 0 saturated carbocycles. The smallest absolute Gasteiger partial charge is 0.251 e. The van der Waals surface area contributed by atoms with Gasteiger partial charge >= 0.3 is 0 Å². The van der Waals surface area contributed by atoms with Gasteiger partial charge in [0.2, 0.25) is 11.8 Å². The number of carbonyl (C=O) groups excluding carboxylic acids is 3. The van der Waals surface area contributed by atoms with E-state index in [1.54, 1.807) is 26.5 Å². The van der Waals surface area contributed by atoms with Crippen molar-refractivity contribution in [2.24, 2.45) is 11.8 Å². The number of para-hydroxylation sites is 1. The molecule has 8 heteroatoms. The van der Waals surface area contributed by atoms with E-state index in [2.05, 4.69) is 0 Å². The Morgan fingerprint density at radius 1 is 0.864 bits per heavy atom. The molecule has 7 rings (SSSR count). The molecule has 4 aliphatic heterocycles. The van der Waals surface area contributed by atoms with Gasteiger partial charge in [-0.15, -0.1) is 11.8 Å². The van der Waals surface area contributed by atoms with E-state index in [0.717, 1.165) is 28.1 Å². The molecular weight excluding hydrogens is 570 g/mol. The predicted molar refractivity (Wildman–Crippen MR) is 173 cm³/mol. The van der Waals surface area contributed by atoms with Crippen LogP contribution in [-0.2, 0) is 14.4 Å². The van der Waals surface area contributed by atoms with Crippen molar-refractivity contribution < 1.29 is 19.5 Å². The van der Waals surface area contributed by atoms with Crippen molar-refractivity contribution in [3.8, 4) is 0 Å². The molecule has 4 aliphatic rings. The number of nitrogens with zero attached hydrogens (tertiary/aromatic N) is 3. The lowest BCUT2D eigenvalue weighted by Crippen LogP contribution is -2.54. The maximum atomic E-state index is 15.0. The molecule has 7 nitrogen and oxygen atoms in total. The summed E-state index contributed by atoms with van der Waals surface area (Å²) < 4.78 is -0.988. The highest BCUT2D eigenvalue weighted by Crippen LogP contribution is 2.62. The second-order valence-electron chi connectivity index (χ2n) is 12.1. The zero-order valence-electron chi connectivity index (χ0n) is 24.7. The number of aliphatic hydroxyl groups excluding tert-OH is 1. The molecular formula is C36H35N3O4S. The summed E-state index contributed by atoms with van der Waals surface area (Å²) in [5, 5.41) is 10.5. The Morgan fingerprint density at radius 3 is 2.30 bits per heavy atom. The molecule has 1 spiro atoms. The molecule has 6 atom stereocenters. The first-order chi connectivity index (χ1) is 21.4. The molecule has 2 fully saturated rings. The minimum absolute atomic E-state index is 0.119. The van der Waals surface area contributed by atoms with Gasteiger partial charge in [0, 0.05) is 29.7 Å². The van der Waals surface area contributed by atoms with Gasteiger partial charge in [0.15, 0.2) is 0 Å². The number of hydrogen-bond donors (Lipinski definition) is 1. The zero-order valence-corrected chi connectivity index (χ0v) is 25.6. The molecule has 3 aromatic rings. The molecule has 224 valence electrons. The maximum Gasteiger partial charge on any atom is 0.251 e. The van der Waals surface area contributed by atoms with E-state index < -0.39 is 28.7 Å². The Kier molecular flexibility index (Phi) is 7.22. The van der Waals surface area contributed by atoms with Crippen molar-refractivity contribution in [3.05, 3.63) is 120 Å². The summed E-state index contributed by atoms with van der Waals surface area (Å²) in [5.41, 5.74) is 4.32. The molecule has 1 N–H and O–H groups in total. The van der Waals surface area contributed by atoms with Crippen molar-refractivity contribution in [2.45, 2.75) is 35.9 Å². The van der Waals surface area contributed by atoms with Crippen LogP contribution in [0.4, 0.5) is 11.4 Å². The summed E-state index contributed by atoms with van der Waals surface area (Å²) in [6.45, 7) is 4.39. The number of amides is 3. The van der Waals surface area contributed by atoms with Gasteiger partial charge in [0.25, 0.3) is 5.91 Å². The SMILES string of the molecule is Cc1ccc(C)c(N2CC=C[C@]34S[C@@H]5C=CCN(c6ccccc6)C(=O)[C@@H]5[C@H]3C(=O)N([C@H](CO)c3ccccc3)C4C2=O)c1.